The lowest BCUT2D eigenvalue weighted by Crippen LogP contribution is -2.26. The Kier molecular flexibility index (Phi) is 6.42. The van der Waals surface area contributed by atoms with E-state index in [0.717, 1.165) is 11.1 Å². The second-order valence-electron chi connectivity index (χ2n) is 6.86. The van der Waals surface area contributed by atoms with Gasteiger partial charge in [-0.2, -0.15) is 0 Å². The van der Waals surface area contributed by atoms with Crippen molar-refractivity contribution in [2.45, 2.75) is 26.6 Å². The van der Waals surface area contributed by atoms with Crippen LogP contribution in [0.15, 0.2) is 72.8 Å². The summed E-state index contributed by atoms with van der Waals surface area (Å²) in [6, 6.07) is 21.1. The Labute approximate surface area is 170 Å². The van der Waals surface area contributed by atoms with Gasteiger partial charge in [-0.15, -0.1) is 0 Å². The molecule has 1 atom stereocenters. The van der Waals surface area contributed by atoms with Crippen LogP contribution < -0.4 is 5.32 Å². The summed E-state index contributed by atoms with van der Waals surface area (Å²) in [7, 11) is 0. The second-order valence-corrected chi connectivity index (χ2v) is 6.86. The number of hydrogen-bond acceptors (Lipinski definition) is 4. The van der Waals surface area contributed by atoms with Crippen molar-refractivity contribution in [3.05, 3.63) is 101 Å². The van der Waals surface area contributed by atoms with Gasteiger partial charge in [0.1, 0.15) is 0 Å². The highest BCUT2D eigenvalue weighted by Gasteiger charge is 2.26. The lowest BCUT2D eigenvalue weighted by Gasteiger charge is -2.19. The third-order valence-electron chi connectivity index (χ3n) is 4.59. The van der Waals surface area contributed by atoms with Crippen molar-refractivity contribution in [3.8, 4) is 0 Å². The average Bonchev–Trinajstić information content (AvgIpc) is 2.75. The van der Waals surface area contributed by atoms with E-state index in [1.807, 2.05) is 38.1 Å². The maximum atomic E-state index is 13.0. The Morgan fingerprint density at radius 1 is 0.966 bits per heavy atom. The summed E-state index contributed by atoms with van der Waals surface area (Å²) < 4.78 is 5.59. The number of nitrogens with one attached hydrogen (secondary N) is 1. The Morgan fingerprint density at radius 3 is 2.31 bits per heavy atom. The summed E-state index contributed by atoms with van der Waals surface area (Å²) in [5.74, 6) is -1.04. The first-order valence-corrected chi connectivity index (χ1v) is 9.32. The van der Waals surface area contributed by atoms with Gasteiger partial charge in [-0.25, -0.2) is 4.79 Å². The molecule has 0 aromatic heterocycles. The van der Waals surface area contributed by atoms with Gasteiger partial charge >= 0.3 is 5.97 Å². The average molecular weight is 389 g/mol. The fraction of sp³-hybridized carbons (Fsp3) is 0.167. The van der Waals surface area contributed by atoms with Gasteiger partial charge in [0.25, 0.3) is 5.91 Å². The molecular weight excluding hydrogens is 366 g/mol. The van der Waals surface area contributed by atoms with Gasteiger partial charge in [0.05, 0.1) is 12.2 Å². The van der Waals surface area contributed by atoms with E-state index in [1.165, 1.54) is 0 Å². The number of rotatable bonds is 6. The van der Waals surface area contributed by atoms with Crippen molar-refractivity contribution in [2.75, 3.05) is 5.32 Å². The number of ether oxygens (including phenoxy) is 1. The minimum absolute atomic E-state index is 0.111. The van der Waals surface area contributed by atoms with E-state index in [4.69, 9.17) is 9.84 Å². The van der Waals surface area contributed by atoms with Crippen molar-refractivity contribution in [2.24, 2.45) is 0 Å². The number of aliphatic hydroxyl groups excluding tert-OH is 1. The number of carbonyl (C=O) groups is 2. The minimum atomic E-state index is -1.10. The molecule has 0 aliphatic heterocycles. The number of benzene rings is 3. The van der Waals surface area contributed by atoms with Crippen LogP contribution in [0.5, 0.6) is 0 Å². The molecular formula is C24H23NO4. The molecule has 0 fully saturated rings. The van der Waals surface area contributed by atoms with E-state index in [-0.39, 0.29) is 6.61 Å². The summed E-state index contributed by atoms with van der Waals surface area (Å²) in [6.45, 7) is 3.74. The van der Waals surface area contributed by atoms with E-state index >= 15 is 0 Å². The van der Waals surface area contributed by atoms with Crippen LogP contribution >= 0.6 is 0 Å². The highest BCUT2D eigenvalue weighted by Crippen LogP contribution is 2.24. The number of carbonyl (C=O) groups excluding carboxylic acids is 2. The predicted molar refractivity (Wildman–Crippen MR) is 112 cm³/mol. The molecule has 3 aromatic carbocycles. The van der Waals surface area contributed by atoms with Crippen LogP contribution in [-0.4, -0.2) is 17.0 Å². The van der Waals surface area contributed by atoms with Crippen molar-refractivity contribution in [3.63, 3.8) is 0 Å². The van der Waals surface area contributed by atoms with E-state index in [9.17, 15) is 9.59 Å². The Balaban J connectivity index is 1.85. The third kappa shape index (κ3) is 5.09. The van der Waals surface area contributed by atoms with Gasteiger partial charge in [0.2, 0.25) is 6.10 Å². The maximum Gasteiger partial charge on any atom is 0.339 e. The number of hydrogen-bond donors (Lipinski definition) is 2. The maximum absolute atomic E-state index is 13.0. The molecule has 0 saturated heterocycles. The number of esters is 1. The molecule has 3 aromatic rings. The molecule has 0 bridgehead atoms. The van der Waals surface area contributed by atoms with Gasteiger partial charge in [0.15, 0.2) is 0 Å². The molecule has 29 heavy (non-hydrogen) atoms. The lowest BCUT2D eigenvalue weighted by atomic mass is 10.1. The smallest absolute Gasteiger partial charge is 0.339 e. The highest BCUT2D eigenvalue weighted by atomic mass is 16.5. The van der Waals surface area contributed by atoms with Crippen molar-refractivity contribution >= 4 is 17.6 Å². The summed E-state index contributed by atoms with van der Waals surface area (Å²) in [5.41, 5.74) is 4.19. The van der Waals surface area contributed by atoms with Crippen LogP contribution in [0.25, 0.3) is 0 Å². The summed E-state index contributed by atoms with van der Waals surface area (Å²) in [5, 5.41) is 12.0. The Bertz CT molecular complexity index is 997. The van der Waals surface area contributed by atoms with E-state index in [2.05, 4.69) is 5.32 Å². The molecule has 0 heterocycles. The molecule has 0 aliphatic carbocycles. The van der Waals surface area contributed by atoms with Crippen LogP contribution in [0.2, 0.25) is 0 Å². The first-order valence-electron chi connectivity index (χ1n) is 9.32. The number of aliphatic hydroxyl groups is 1. The van der Waals surface area contributed by atoms with Gasteiger partial charge < -0.3 is 15.2 Å². The summed E-state index contributed by atoms with van der Waals surface area (Å²) in [4.78, 5) is 25.7. The first-order chi connectivity index (χ1) is 14.0. The summed E-state index contributed by atoms with van der Waals surface area (Å²) in [6.07, 6.45) is -1.10. The molecule has 0 aliphatic rings. The molecule has 0 unspecified atom stereocenters. The van der Waals surface area contributed by atoms with Crippen molar-refractivity contribution in [1.29, 1.82) is 0 Å². The van der Waals surface area contributed by atoms with Gasteiger partial charge in [-0.05, 0) is 48.7 Å². The second kappa shape index (κ2) is 9.17. The standard InChI is InChI=1S/C24H23NO4/c1-16-8-9-17(2)21(14-16)25-23(27)22(19-6-4-3-5-7-19)29-24(28)20-12-10-18(15-26)11-13-20/h3-14,22,26H,15H2,1-2H3,(H,25,27)/t22-/m1/s1. The quantitative estimate of drug-likeness (QED) is 0.615. The number of aryl methyl sites for hydroxylation is 2. The Morgan fingerprint density at radius 2 is 1.66 bits per heavy atom. The predicted octanol–water partition coefficient (Wildman–Crippen LogP) is 4.33. The van der Waals surface area contributed by atoms with Crippen LogP contribution in [-0.2, 0) is 16.1 Å². The fourth-order valence-electron chi connectivity index (χ4n) is 2.89. The number of anilines is 1. The number of amides is 1. The van der Waals surface area contributed by atoms with E-state index in [0.29, 0.717) is 22.4 Å². The largest absolute Gasteiger partial charge is 0.444 e. The van der Waals surface area contributed by atoms with E-state index < -0.39 is 18.0 Å². The molecule has 0 spiro atoms. The van der Waals surface area contributed by atoms with Gasteiger partial charge in [0, 0.05) is 11.3 Å². The van der Waals surface area contributed by atoms with Crippen LogP contribution in [0.3, 0.4) is 0 Å². The third-order valence-corrected chi connectivity index (χ3v) is 4.59. The zero-order valence-electron chi connectivity index (χ0n) is 16.4. The normalized spacial score (nSPS) is 11.6. The molecule has 3 rings (SSSR count). The highest BCUT2D eigenvalue weighted by molar-refractivity contribution is 5.98. The molecule has 148 valence electrons. The van der Waals surface area contributed by atoms with E-state index in [1.54, 1.807) is 48.5 Å². The molecule has 1 amide bonds. The molecule has 2 N–H and O–H groups in total. The van der Waals surface area contributed by atoms with Crippen LogP contribution in [0.1, 0.15) is 38.7 Å². The minimum Gasteiger partial charge on any atom is -0.444 e. The SMILES string of the molecule is Cc1ccc(C)c(NC(=O)[C@H](OC(=O)c2ccc(CO)cc2)c2ccccc2)c1. The first kappa shape index (κ1) is 20.3. The van der Waals surface area contributed by atoms with Crippen LogP contribution in [0.4, 0.5) is 5.69 Å². The van der Waals surface area contributed by atoms with Gasteiger partial charge in [-0.3, -0.25) is 4.79 Å². The molecule has 5 heteroatoms. The topological polar surface area (TPSA) is 75.6 Å². The van der Waals surface area contributed by atoms with Crippen molar-refractivity contribution in [1.82, 2.24) is 0 Å². The Hall–Kier alpha value is -3.44. The fourth-order valence-corrected chi connectivity index (χ4v) is 2.89. The molecule has 0 radical (unpaired) electrons. The zero-order chi connectivity index (χ0) is 20.8. The monoisotopic (exact) mass is 389 g/mol. The van der Waals surface area contributed by atoms with Crippen molar-refractivity contribution < 1.29 is 19.4 Å². The zero-order valence-corrected chi connectivity index (χ0v) is 16.4. The summed E-state index contributed by atoms with van der Waals surface area (Å²) >= 11 is 0. The lowest BCUT2D eigenvalue weighted by molar-refractivity contribution is -0.125. The molecule has 5 nitrogen and oxygen atoms in total. The van der Waals surface area contributed by atoms with Gasteiger partial charge in [-0.1, -0.05) is 54.6 Å². The van der Waals surface area contributed by atoms with Crippen LogP contribution in [0, 0.1) is 13.8 Å². The molecule has 0 saturated carbocycles.